The topological polar surface area (TPSA) is 70.1 Å². The zero-order valence-corrected chi connectivity index (χ0v) is 14.5. The lowest BCUT2D eigenvalue weighted by atomic mass is 10.1. The predicted octanol–water partition coefficient (Wildman–Crippen LogP) is 4.17. The number of aliphatic hydroxyl groups is 1. The predicted molar refractivity (Wildman–Crippen MR) is 96.9 cm³/mol. The minimum atomic E-state index is -0.750. The summed E-state index contributed by atoms with van der Waals surface area (Å²) in [6.07, 6.45) is 21.1. The molecule has 0 spiro atoms. The van der Waals surface area contributed by atoms with E-state index in [1.54, 1.807) is 0 Å². The number of hydrogen-bond donors (Lipinski definition) is 2. The fraction of sp³-hybridized carbons (Fsp3) is 0.550. The molecule has 1 heterocycles. The molecule has 134 valence electrons. The average molecular weight is 334 g/mol. The summed E-state index contributed by atoms with van der Waals surface area (Å²) in [5.74, 6) is -0.750. The second-order valence-corrected chi connectivity index (χ2v) is 6.03. The van der Waals surface area contributed by atoms with E-state index in [-0.39, 0.29) is 24.7 Å². The highest BCUT2D eigenvalue weighted by molar-refractivity contribution is 5.66. The zero-order chi connectivity index (χ0) is 17.6. The van der Waals surface area contributed by atoms with Gasteiger partial charge in [0.1, 0.15) is 6.10 Å². The molecule has 0 unspecified atom stereocenters. The molecule has 24 heavy (non-hydrogen) atoms. The summed E-state index contributed by atoms with van der Waals surface area (Å²) < 4.78 is 5.44. The van der Waals surface area contributed by atoms with Gasteiger partial charge in [0, 0.05) is 6.42 Å². The van der Waals surface area contributed by atoms with Gasteiger partial charge in [0.05, 0.1) is 12.2 Å². The van der Waals surface area contributed by atoms with Crippen molar-refractivity contribution in [3.8, 4) is 0 Å². The number of rotatable bonds is 13. The number of aliphatic carboxylic acids is 1. The Morgan fingerprint density at radius 3 is 2.50 bits per heavy atom. The Hall–Kier alpha value is -1.65. The molecule has 0 bridgehead atoms. The molecule has 1 fully saturated rings. The number of epoxide rings is 1. The van der Waals surface area contributed by atoms with Crippen molar-refractivity contribution in [3.05, 3.63) is 48.6 Å². The van der Waals surface area contributed by atoms with E-state index in [1.807, 2.05) is 48.6 Å². The lowest BCUT2D eigenvalue weighted by molar-refractivity contribution is -0.137. The number of allylic oxidation sites excluding steroid dienone is 6. The highest BCUT2D eigenvalue weighted by atomic mass is 16.6. The van der Waals surface area contributed by atoms with E-state index in [0.717, 1.165) is 19.3 Å². The monoisotopic (exact) mass is 334 g/mol. The maximum Gasteiger partial charge on any atom is 0.303 e. The van der Waals surface area contributed by atoms with Crippen LogP contribution in [-0.4, -0.2) is 34.5 Å². The second kappa shape index (κ2) is 12.7. The van der Waals surface area contributed by atoms with Gasteiger partial charge in [0.15, 0.2) is 0 Å². The number of unbranched alkanes of at least 4 members (excludes halogenated alkanes) is 2. The van der Waals surface area contributed by atoms with E-state index < -0.39 is 5.97 Å². The van der Waals surface area contributed by atoms with Crippen LogP contribution in [0, 0.1) is 0 Å². The summed E-state index contributed by atoms with van der Waals surface area (Å²) in [6.45, 7) is 2.15. The fourth-order valence-electron chi connectivity index (χ4n) is 2.33. The van der Waals surface area contributed by atoms with Gasteiger partial charge in [-0.25, -0.2) is 0 Å². The number of ether oxygens (including phenoxy) is 1. The third-order valence-electron chi connectivity index (χ3n) is 3.79. The van der Waals surface area contributed by atoms with Crippen LogP contribution in [-0.2, 0) is 9.53 Å². The van der Waals surface area contributed by atoms with Crippen LogP contribution in [0.4, 0.5) is 0 Å². The Morgan fingerprint density at radius 2 is 1.79 bits per heavy atom. The van der Waals surface area contributed by atoms with E-state index in [0.29, 0.717) is 6.42 Å². The standard InChI is InChI=1S/C20H30O4/c1-2-3-8-12-17(21)13-9-6-4-5-7-10-14-18-19(24-18)15-11-16-20(22)23/h4-7,9-10,13-14,17-19,21H,2-3,8,11-12,15-16H2,1H3,(H,22,23)/b6-4+,7-5+,13-9+,14-10+/t17-,18-,19-/m0/s1. The van der Waals surface area contributed by atoms with Crippen molar-refractivity contribution in [2.45, 2.75) is 70.2 Å². The molecule has 3 atom stereocenters. The Morgan fingerprint density at radius 1 is 1.08 bits per heavy atom. The molecule has 0 aromatic heterocycles. The van der Waals surface area contributed by atoms with Crippen molar-refractivity contribution >= 4 is 5.97 Å². The first-order valence-electron chi connectivity index (χ1n) is 8.87. The molecule has 1 saturated heterocycles. The third kappa shape index (κ3) is 11.0. The van der Waals surface area contributed by atoms with E-state index in [4.69, 9.17) is 9.84 Å². The lowest BCUT2D eigenvalue weighted by Crippen LogP contribution is -2.00. The molecule has 0 saturated carbocycles. The normalized spacial score (nSPS) is 22.2. The maximum absolute atomic E-state index is 10.4. The van der Waals surface area contributed by atoms with Crippen LogP contribution in [0.5, 0.6) is 0 Å². The molecule has 4 heteroatoms. The van der Waals surface area contributed by atoms with Gasteiger partial charge in [-0.15, -0.1) is 0 Å². The van der Waals surface area contributed by atoms with E-state index >= 15 is 0 Å². The first kappa shape index (κ1) is 20.4. The van der Waals surface area contributed by atoms with E-state index in [2.05, 4.69) is 6.92 Å². The molecular weight excluding hydrogens is 304 g/mol. The molecule has 4 nitrogen and oxygen atoms in total. The zero-order valence-electron chi connectivity index (χ0n) is 14.5. The van der Waals surface area contributed by atoms with Crippen molar-refractivity contribution in [1.82, 2.24) is 0 Å². The van der Waals surface area contributed by atoms with Crippen LogP contribution < -0.4 is 0 Å². The van der Waals surface area contributed by atoms with Crippen molar-refractivity contribution in [2.75, 3.05) is 0 Å². The molecule has 0 aliphatic carbocycles. The van der Waals surface area contributed by atoms with Crippen LogP contribution in [0.15, 0.2) is 48.6 Å². The SMILES string of the molecule is CCCCC[C@H](O)/C=C/C=C/C=C/C=C/[C@@H]1O[C@H]1CCCC(=O)O. The summed E-state index contributed by atoms with van der Waals surface area (Å²) in [4.78, 5) is 10.4. The summed E-state index contributed by atoms with van der Waals surface area (Å²) in [5.41, 5.74) is 0. The molecule has 1 aliphatic rings. The third-order valence-corrected chi connectivity index (χ3v) is 3.79. The van der Waals surface area contributed by atoms with Crippen LogP contribution in [0.25, 0.3) is 0 Å². The average Bonchev–Trinajstić information content (AvgIpc) is 3.28. The van der Waals surface area contributed by atoms with Crippen molar-refractivity contribution in [1.29, 1.82) is 0 Å². The Bertz CT molecular complexity index is 462. The second-order valence-electron chi connectivity index (χ2n) is 6.03. The Balaban J connectivity index is 2.07. The van der Waals surface area contributed by atoms with Gasteiger partial charge in [0.25, 0.3) is 0 Å². The minimum absolute atomic E-state index is 0.130. The number of aliphatic hydroxyl groups excluding tert-OH is 1. The molecule has 0 radical (unpaired) electrons. The Kier molecular flexibility index (Phi) is 10.8. The molecule has 2 N–H and O–H groups in total. The van der Waals surface area contributed by atoms with Gasteiger partial charge >= 0.3 is 5.97 Å². The molecule has 0 amide bonds. The van der Waals surface area contributed by atoms with Crippen molar-refractivity contribution in [2.24, 2.45) is 0 Å². The highest BCUT2D eigenvalue weighted by Gasteiger charge is 2.35. The number of carboxylic acids is 1. The fourth-order valence-corrected chi connectivity index (χ4v) is 2.33. The summed E-state index contributed by atoms with van der Waals surface area (Å²) >= 11 is 0. The van der Waals surface area contributed by atoms with Gasteiger partial charge in [-0.3, -0.25) is 4.79 Å². The molecule has 1 aliphatic heterocycles. The largest absolute Gasteiger partial charge is 0.481 e. The molecular formula is C20H30O4. The van der Waals surface area contributed by atoms with Gasteiger partial charge < -0.3 is 14.9 Å². The Labute approximate surface area is 145 Å². The first-order valence-corrected chi connectivity index (χ1v) is 8.87. The van der Waals surface area contributed by atoms with Gasteiger partial charge in [-0.2, -0.15) is 0 Å². The molecule has 0 aromatic rings. The summed E-state index contributed by atoms with van der Waals surface area (Å²) in [6, 6.07) is 0. The van der Waals surface area contributed by atoms with Crippen LogP contribution in [0.2, 0.25) is 0 Å². The number of hydrogen-bond acceptors (Lipinski definition) is 3. The van der Waals surface area contributed by atoms with Gasteiger partial charge in [-0.05, 0) is 19.3 Å². The van der Waals surface area contributed by atoms with Crippen LogP contribution in [0.1, 0.15) is 51.9 Å². The highest BCUT2D eigenvalue weighted by Crippen LogP contribution is 2.28. The smallest absolute Gasteiger partial charge is 0.303 e. The van der Waals surface area contributed by atoms with E-state index in [9.17, 15) is 9.90 Å². The summed E-state index contributed by atoms with van der Waals surface area (Å²) in [5, 5.41) is 18.3. The van der Waals surface area contributed by atoms with Crippen LogP contribution in [0.3, 0.4) is 0 Å². The van der Waals surface area contributed by atoms with Gasteiger partial charge in [0.2, 0.25) is 0 Å². The lowest BCUT2D eigenvalue weighted by Gasteiger charge is -2.02. The first-order chi connectivity index (χ1) is 11.6. The number of carbonyl (C=O) groups is 1. The minimum Gasteiger partial charge on any atom is -0.481 e. The van der Waals surface area contributed by atoms with E-state index in [1.165, 1.54) is 12.8 Å². The quantitative estimate of drug-likeness (QED) is 0.301. The molecule has 1 rings (SSSR count). The van der Waals surface area contributed by atoms with Gasteiger partial charge in [-0.1, -0.05) is 74.8 Å². The van der Waals surface area contributed by atoms with Crippen LogP contribution >= 0.6 is 0 Å². The summed E-state index contributed by atoms with van der Waals surface area (Å²) in [7, 11) is 0. The number of carboxylic acid groups (broad SMARTS) is 1. The maximum atomic E-state index is 10.4. The van der Waals surface area contributed by atoms with Crippen molar-refractivity contribution < 1.29 is 19.7 Å². The molecule has 0 aromatic carbocycles. The van der Waals surface area contributed by atoms with Crippen molar-refractivity contribution in [3.63, 3.8) is 0 Å².